The Hall–Kier alpha value is -0.170. The molecule has 0 aliphatic carbocycles. The molecule has 0 amide bonds. The molecule has 18 heavy (non-hydrogen) atoms. The molecule has 2 fully saturated rings. The summed E-state index contributed by atoms with van der Waals surface area (Å²) < 4.78 is 28.7. The molecule has 5 nitrogen and oxygen atoms in total. The van der Waals surface area contributed by atoms with Gasteiger partial charge in [0.2, 0.25) is 0 Å². The maximum Gasteiger partial charge on any atom is 0.279 e. The highest BCUT2D eigenvalue weighted by molar-refractivity contribution is 7.87. The van der Waals surface area contributed by atoms with Crippen molar-refractivity contribution in [3.05, 3.63) is 0 Å². The zero-order chi connectivity index (χ0) is 13.0. The largest absolute Gasteiger partial charge is 0.317 e. The van der Waals surface area contributed by atoms with Crippen LogP contribution in [-0.4, -0.2) is 45.4 Å². The molecule has 2 heterocycles. The SMILES string of the molecule is CC1CCCN(S(=O)(=O)NCC2CCNCC2)C1. The summed E-state index contributed by atoms with van der Waals surface area (Å²) in [6.45, 7) is 6.07. The quantitative estimate of drug-likeness (QED) is 0.788. The lowest BCUT2D eigenvalue weighted by Crippen LogP contribution is -2.47. The zero-order valence-electron chi connectivity index (χ0n) is 11.2. The molecule has 2 aliphatic rings. The van der Waals surface area contributed by atoms with Crippen LogP contribution in [0.4, 0.5) is 0 Å². The third-order valence-corrected chi connectivity index (χ3v) is 5.52. The molecule has 0 spiro atoms. The van der Waals surface area contributed by atoms with Gasteiger partial charge in [-0.25, -0.2) is 4.72 Å². The van der Waals surface area contributed by atoms with Crippen molar-refractivity contribution in [2.75, 3.05) is 32.7 Å². The van der Waals surface area contributed by atoms with Crippen molar-refractivity contribution >= 4 is 10.2 Å². The highest BCUT2D eigenvalue weighted by Crippen LogP contribution is 2.18. The summed E-state index contributed by atoms with van der Waals surface area (Å²) in [6.07, 6.45) is 4.26. The average molecular weight is 275 g/mol. The lowest BCUT2D eigenvalue weighted by atomic mass is 9.99. The van der Waals surface area contributed by atoms with Crippen molar-refractivity contribution in [1.82, 2.24) is 14.3 Å². The summed E-state index contributed by atoms with van der Waals surface area (Å²) in [6, 6.07) is 0. The Morgan fingerprint density at radius 3 is 2.67 bits per heavy atom. The number of rotatable bonds is 4. The van der Waals surface area contributed by atoms with E-state index in [0.29, 0.717) is 31.5 Å². The Bertz CT molecular complexity index is 352. The maximum absolute atomic E-state index is 12.2. The molecule has 2 rings (SSSR count). The normalized spacial score (nSPS) is 28.4. The Morgan fingerprint density at radius 2 is 2.00 bits per heavy atom. The van der Waals surface area contributed by atoms with Crippen LogP contribution in [0.15, 0.2) is 0 Å². The lowest BCUT2D eigenvalue weighted by Gasteiger charge is -2.31. The first-order chi connectivity index (χ1) is 8.58. The van der Waals surface area contributed by atoms with Gasteiger partial charge < -0.3 is 5.32 Å². The van der Waals surface area contributed by atoms with E-state index in [-0.39, 0.29) is 0 Å². The van der Waals surface area contributed by atoms with Gasteiger partial charge in [-0.1, -0.05) is 6.92 Å². The average Bonchev–Trinajstić information content (AvgIpc) is 2.38. The highest BCUT2D eigenvalue weighted by Gasteiger charge is 2.27. The van der Waals surface area contributed by atoms with Crippen LogP contribution in [0.25, 0.3) is 0 Å². The molecule has 0 saturated carbocycles. The summed E-state index contributed by atoms with van der Waals surface area (Å²) in [5.74, 6) is 0.970. The van der Waals surface area contributed by atoms with Gasteiger partial charge >= 0.3 is 0 Å². The number of nitrogens with zero attached hydrogens (tertiary/aromatic N) is 1. The van der Waals surface area contributed by atoms with E-state index in [0.717, 1.165) is 38.8 Å². The number of nitrogens with one attached hydrogen (secondary N) is 2. The summed E-state index contributed by atoms with van der Waals surface area (Å²) in [5, 5.41) is 3.29. The first-order valence-corrected chi connectivity index (χ1v) is 8.47. The van der Waals surface area contributed by atoms with Crippen LogP contribution in [-0.2, 0) is 10.2 Å². The van der Waals surface area contributed by atoms with E-state index in [1.165, 1.54) is 0 Å². The van der Waals surface area contributed by atoms with Crippen molar-refractivity contribution in [2.45, 2.75) is 32.6 Å². The molecule has 2 saturated heterocycles. The summed E-state index contributed by atoms with van der Waals surface area (Å²) in [5.41, 5.74) is 0. The molecular formula is C12H25N3O2S. The fraction of sp³-hybridized carbons (Fsp3) is 1.00. The van der Waals surface area contributed by atoms with Crippen molar-refractivity contribution in [2.24, 2.45) is 11.8 Å². The molecule has 0 aromatic rings. The van der Waals surface area contributed by atoms with Crippen molar-refractivity contribution in [3.8, 4) is 0 Å². The van der Waals surface area contributed by atoms with Gasteiger partial charge in [0.1, 0.15) is 0 Å². The van der Waals surface area contributed by atoms with E-state index in [1.54, 1.807) is 4.31 Å². The third kappa shape index (κ3) is 3.91. The molecule has 0 bridgehead atoms. The topological polar surface area (TPSA) is 61.4 Å². The zero-order valence-corrected chi connectivity index (χ0v) is 12.0. The van der Waals surface area contributed by atoms with E-state index in [9.17, 15) is 8.42 Å². The first kappa shape index (κ1) is 14.2. The molecule has 0 aromatic heterocycles. The minimum absolute atomic E-state index is 0.481. The fourth-order valence-electron chi connectivity index (χ4n) is 2.76. The summed E-state index contributed by atoms with van der Waals surface area (Å²) in [7, 11) is -3.25. The molecule has 1 atom stereocenters. The van der Waals surface area contributed by atoms with Crippen LogP contribution < -0.4 is 10.0 Å². The molecule has 2 N–H and O–H groups in total. The number of hydrogen-bond acceptors (Lipinski definition) is 3. The second-order valence-electron chi connectivity index (χ2n) is 5.65. The molecular weight excluding hydrogens is 250 g/mol. The standard InChI is InChI=1S/C12H25N3O2S/c1-11-3-2-8-15(10-11)18(16,17)14-9-12-4-6-13-7-5-12/h11-14H,2-10H2,1H3. The molecule has 0 radical (unpaired) electrons. The number of hydrogen-bond donors (Lipinski definition) is 2. The van der Waals surface area contributed by atoms with Crippen LogP contribution in [0.1, 0.15) is 32.6 Å². The van der Waals surface area contributed by atoms with E-state index >= 15 is 0 Å². The minimum atomic E-state index is -3.25. The van der Waals surface area contributed by atoms with Crippen LogP contribution in [0.2, 0.25) is 0 Å². The smallest absolute Gasteiger partial charge is 0.279 e. The van der Waals surface area contributed by atoms with Gasteiger partial charge in [0.15, 0.2) is 0 Å². The Morgan fingerprint density at radius 1 is 1.28 bits per heavy atom. The monoisotopic (exact) mass is 275 g/mol. The van der Waals surface area contributed by atoms with Gasteiger partial charge in [-0.3, -0.25) is 0 Å². The summed E-state index contributed by atoms with van der Waals surface area (Å²) >= 11 is 0. The van der Waals surface area contributed by atoms with Crippen molar-refractivity contribution in [1.29, 1.82) is 0 Å². The molecule has 106 valence electrons. The Kier molecular flexibility index (Phi) is 5.00. The first-order valence-electron chi connectivity index (χ1n) is 7.03. The third-order valence-electron chi connectivity index (χ3n) is 3.97. The molecule has 1 unspecified atom stereocenters. The van der Waals surface area contributed by atoms with E-state index in [2.05, 4.69) is 17.0 Å². The van der Waals surface area contributed by atoms with Gasteiger partial charge in [0.05, 0.1) is 0 Å². The second kappa shape index (κ2) is 6.32. The van der Waals surface area contributed by atoms with Crippen LogP contribution in [0.3, 0.4) is 0 Å². The van der Waals surface area contributed by atoms with Gasteiger partial charge in [-0.05, 0) is 50.6 Å². The fourth-order valence-corrected chi connectivity index (χ4v) is 4.21. The van der Waals surface area contributed by atoms with Crippen LogP contribution in [0.5, 0.6) is 0 Å². The van der Waals surface area contributed by atoms with E-state index in [1.807, 2.05) is 0 Å². The van der Waals surface area contributed by atoms with Gasteiger partial charge in [-0.15, -0.1) is 0 Å². The van der Waals surface area contributed by atoms with E-state index < -0.39 is 10.2 Å². The minimum Gasteiger partial charge on any atom is -0.317 e. The Balaban J connectivity index is 1.82. The van der Waals surface area contributed by atoms with Crippen LogP contribution in [0, 0.1) is 11.8 Å². The molecule has 6 heteroatoms. The molecule has 0 aromatic carbocycles. The maximum atomic E-state index is 12.2. The van der Waals surface area contributed by atoms with Crippen molar-refractivity contribution in [3.63, 3.8) is 0 Å². The van der Waals surface area contributed by atoms with Gasteiger partial charge in [-0.2, -0.15) is 12.7 Å². The highest BCUT2D eigenvalue weighted by atomic mass is 32.2. The Labute approximate surface area is 110 Å². The van der Waals surface area contributed by atoms with Gasteiger partial charge in [0, 0.05) is 19.6 Å². The predicted octanol–water partition coefficient (Wildman–Crippen LogP) is 0.552. The van der Waals surface area contributed by atoms with Crippen LogP contribution >= 0.6 is 0 Å². The van der Waals surface area contributed by atoms with Gasteiger partial charge in [0.25, 0.3) is 10.2 Å². The predicted molar refractivity (Wildman–Crippen MR) is 72.5 cm³/mol. The van der Waals surface area contributed by atoms with E-state index in [4.69, 9.17) is 0 Å². The molecule has 2 aliphatic heterocycles. The second-order valence-corrected chi connectivity index (χ2v) is 7.41. The number of piperidine rings is 2. The van der Waals surface area contributed by atoms with Crippen molar-refractivity contribution < 1.29 is 8.42 Å². The summed E-state index contributed by atoms with van der Waals surface area (Å²) in [4.78, 5) is 0. The lowest BCUT2D eigenvalue weighted by molar-refractivity contribution is 0.276.